The monoisotopic (exact) mass is 233 g/mol. The van der Waals surface area contributed by atoms with Crippen molar-refractivity contribution in [3.05, 3.63) is 36.0 Å². The molecule has 0 saturated carbocycles. The molecule has 0 aliphatic heterocycles. The molecule has 5 nitrogen and oxygen atoms in total. The van der Waals surface area contributed by atoms with Gasteiger partial charge in [0.1, 0.15) is 5.03 Å². The summed E-state index contributed by atoms with van der Waals surface area (Å²) in [4.78, 5) is 16.8. The van der Waals surface area contributed by atoms with Gasteiger partial charge in [-0.2, -0.15) is 0 Å². The number of hydrogen-bond acceptors (Lipinski definition) is 6. The van der Waals surface area contributed by atoms with Crippen LogP contribution in [0.1, 0.15) is 11.4 Å². The predicted molar refractivity (Wildman–Crippen MR) is 60.8 cm³/mol. The summed E-state index contributed by atoms with van der Waals surface area (Å²) in [5, 5.41) is 1.44. The Morgan fingerprint density at radius 1 is 1.25 bits per heavy atom. The molecule has 0 aliphatic rings. The predicted octanol–water partition coefficient (Wildman–Crippen LogP) is 1.18. The average Bonchev–Trinajstić information content (AvgIpc) is 2.30. The molecule has 0 radical (unpaired) electrons. The van der Waals surface area contributed by atoms with Crippen LogP contribution in [0.3, 0.4) is 0 Å². The summed E-state index contributed by atoms with van der Waals surface area (Å²) < 4.78 is 0. The van der Waals surface area contributed by atoms with Gasteiger partial charge in [0.25, 0.3) is 0 Å². The van der Waals surface area contributed by atoms with Gasteiger partial charge in [0.05, 0.1) is 18.1 Å². The molecule has 16 heavy (non-hydrogen) atoms. The number of aryl methyl sites for hydroxylation is 1. The molecule has 82 valence electrons. The molecule has 0 spiro atoms. The van der Waals surface area contributed by atoms with Crippen molar-refractivity contribution in [2.75, 3.05) is 0 Å². The fourth-order valence-electron chi connectivity index (χ4n) is 1.07. The van der Waals surface area contributed by atoms with Gasteiger partial charge in [0, 0.05) is 18.4 Å². The normalized spacial score (nSPS) is 10.4. The fraction of sp³-hybridized carbons (Fsp3) is 0.200. The van der Waals surface area contributed by atoms with E-state index in [0.717, 1.165) is 16.4 Å². The van der Waals surface area contributed by atoms with Crippen LogP contribution < -0.4 is 5.73 Å². The lowest BCUT2D eigenvalue weighted by Gasteiger charge is -2.00. The topological polar surface area (TPSA) is 77.6 Å². The zero-order valence-electron chi connectivity index (χ0n) is 8.79. The van der Waals surface area contributed by atoms with Crippen molar-refractivity contribution in [2.45, 2.75) is 23.7 Å². The minimum absolute atomic E-state index is 0.402. The van der Waals surface area contributed by atoms with Crippen molar-refractivity contribution in [2.24, 2.45) is 5.73 Å². The Balaban J connectivity index is 2.14. The van der Waals surface area contributed by atoms with E-state index in [0.29, 0.717) is 11.7 Å². The molecule has 0 aliphatic carbocycles. The van der Waals surface area contributed by atoms with E-state index in [1.54, 1.807) is 18.6 Å². The highest BCUT2D eigenvalue weighted by Gasteiger charge is 2.02. The lowest BCUT2D eigenvalue weighted by Crippen LogP contribution is -2.00. The maximum absolute atomic E-state index is 5.44. The van der Waals surface area contributed by atoms with E-state index in [9.17, 15) is 0 Å². The van der Waals surface area contributed by atoms with Crippen LogP contribution in [-0.2, 0) is 6.54 Å². The van der Waals surface area contributed by atoms with Crippen molar-refractivity contribution in [3.8, 4) is 0 Å². The molecular weight excluding hydrogens is 222 g/mol. The summed E-state index contributed by atoms with van der Waals surface area (Å²) >= 11 is 1.38. The molecule has 0 unspecified atom stereocenters. The molecular formula is C10H11N5S. The van der Waals surface area contributed by atoms with Crippen molar-refractivity contribution in [1.29, 1.82) is 0 Å². The third kappa shape index (κ3) is 2.74. The smallest absolute Gasteiger partial charge is 0.194 e. The fourth-order valence-corrected chi connectivity index (χ4v) is 1.77. The molecule has 0 aromatic carbocycles. The van der Waals surface area contributed by atoms with E-state index in [2.05, 4.69) is 19.9 Å². The Kier molecular flexibility index (Phi) is 3.43. The first-order valence-corrected chi connectivity index (χ1v) is 5.58. The number of hydrogen-bond donors (Lipinski definition) is 1. The maximum atomic E-state index is 5.44. The van der Waals surface area contributed by atoms with Crippen LogP contribution in [0.5, 0.6) is 0 Å². The van der Waals surface area contributed by atoms with E-state index in [4.69, 9.17) is 5.73 Å². The van der Waals surface area contributed by atoms with Crippen LogP contribution in [0.15, 0.2) is 34.8 Å². The molecule has 0 saturated heterocycles. The SMILES string of the molecule is Cc1ccnc(Sc2cnc(CN)cn2)n1. The zero-order valence-corrected chi connectivity index (χ0v) is 9.61. The molecule has 2 aromatic rings. The molecule has 2 rings (SSSR count). The van der Waals surface area contributed by atoms with Crippen LogP contribution in [0.2, 0.25) is 0 Å². The molecule has 2 heterocycles. The standard InChI is InChI=1S/C10H11N5S/c1-7-2-3-12-10(15-7)16-9-6-13-8(4-11)5-14-9/h2-3,5-6H,4,11H2,1H3. The lowest BCUT2D eigenvalue weighted by molar-refractivity contribution is 0.905. The van der Waals surface area contributed by atoms with Crippen molar-refractivity contribution >= 4 is 11.8 Å². The highest BCUT2D eigenvalue weighted by atomic mass is 32.2. The van der Waals surface area contributed by atoms with E-state index in [-0.39, 0.29) is 0 Å². The van der Waals surface area contributed by atoms with Gasteiger partial charge in [-0.05, 0) is 24.8 Å². The highest BCUT2D eigenvalue weighted by molar-refractivity contribution is 7.99. The van der Waals surface area contributed by atoms with E-state index < -0.39 is 0 Å². The van der Waals surface area contributed by atoms with E-state index in [1.807, 2.05) is 13.0 Å². The highest BCUT2D eigenvalue weighted by Crippen LogP contribution is 2.21. The van der Waals surface area contributed by atoms with E-state index >= 15 is 0 Å². The minimum atomic E-state index is 0.402. The minimum Gasteiger partial charge on any atom is -0.325 e. The average molecular weight is 233 g/mol. The first-order valence-electron chi connectivity index (χ1n) is 4.76. The second-order valence-corrected chi connectivity index (χ2v) is 4.12. The summed E-state index contributed by atoms with van der Waals surface area (Å²) in [6.45, 7) is 2.33. The summed E-state index contributed by atoms with van der Waals surface area (Å²) in [5.41, 5.74) is 7.15. The van der Waals surface area contributed by atoms with Gasteiger partial charge in [-0.1, -0.05) is 0 Å². The largest absolute Gasteiger partial charge is 0.325 e. The molecule has 2 N–H and O–H groups in total. The van der Waals surface area contributed by atoms with Crippen molar-refractivity contribution in [1.82, 2.24) is 19.9 Å². The van der Waals surface area contributed by atoms with Gasteiger partial charge >= 0.3 is 0 Å². The number of nitrogens with zero attached hydrogens (tertiary/aromatic N) is 4. The Morgan fingerprint density at radius 2 is 2.12 bits per heavy atom. The third-order valence-electron chi connectivity index (χ3n) is 1.86. The quantitative estimate of drug-likeness (QED) is 0.802. The van der Waals surface area contributed by atoms with Gasteiger partial charge in [-0.15, -0.1) is 0 Å². The lowest BCUT2D eigenvalue weighted by atomic mass is 10.5. The number of aromatic nitrogens is 4. The first kappa shape index (κ1) is 11.0. The molecule has 0 amide bonds. The van der Waals surface area contributed by atoms with Gasteiger partial charge in [0.15, 0.2) is 5.16 Å². The molecule has 6 heteroatoms. The number of rotatable bonds is 3. The molecule has 0 fully saturated rings. The third-order valence-corrected chi connectivity index (χ3v) is 2.66. The molecule has 0 atom stereocenters. The van der Waals surface area contributed by atoms with Gasteiger partial charge < -0.3 is 5.73 Å². The van der Waals surface area contributed by atoms with Gasteiger partial charge in [-0.3, -0.25) is 4.98 Å². The summed E-state index contributed by atoms with van der Waals surface area (Å²) in [5.74, 6) is 0. The van der Waals surface area contributed by atoms with Crippen molar-refractivity contribution < 1.29 is 0 Å². The molecule has 2 aromatic heterocycles. The van der Waals surface area contributed by atoms with Crippen LogP contribution in [0.4, 0.5) is 0 Å². The Bertz CT molecular complexity index is 471. The van der Waals surface area contributed by atoms with E-state index in [1.165, 1.54) is 11.8 Å². The van der Waals surface area contributed by atoms with Crippen LogP contribution in [0, 0.1) is 6.92 Å². The zero-order chi connectivity index (χ0) is 11.4. The van der Waals surface area contributed by atoms with Gasteiger partial charge in [0.2, 0.25) is 0 Å². The van der Waals surface area contributed by atoms with Crippen molar-refractivity contribution in [3.63, 3.8) is 0 Å². The summed E-state index contributed by atoms with van der Waals surface area (Å²) in [6, 6.07) is 1.85. The van der Waals surface area contributed by atoms with Crippen LogP contribution in [-0.4, -0.2) is 19.9 Å². The Labute approximate surface area is 97.6 Å². The summed E-state index contributed by atoms with van der Waals surface area (Å²) in [6.07, 6.45) is 5.07. The van der Waals surface area contributed by atoms with Gasteiger partial charge in [-0.25, -0.2) is 15.0 Å². The first-order chi connectivity index (χ1) is 7.78. The van der Waals surface area contributed by atoms with Crippen LogP contribution >= 0.6 is 11.8 Å². The summed E-state index contributed by atoms with van der Waals surface area (Å²) in [7, 11) is 0. The Hall–Kier alpha value is -1.53. The maximum Gasteiger partial charge on any atom is 0.194 e. The number of nitrogens with two attached hydrogens (primary N) is 1. The Morgan fingerprint density at radius 3 is 2.75 bits per heavy atom. The molecule has 0 bridgehead atoms. The second-order valence-electron chi connectivity index (χ2n) is 3.13. The second kappa shape index (κ2) is 5.00. The van der Waals surface area contributed by atoms with Crippen LogP contribution in [0.25, 0.3) is 0 Å².